The fourth-order valence-corrected chi connectivity index (χ4v) is 3.60. The minimum atomic E-state index is 0. The number of rotatable bonds is 6. The molecule has 1 fully saturated rings. The van der Waals surface area contributed by atoms with E-state index in [1.807, 2.05) is 6.07 Å². The van der Waals surface area contributed by atoms with Crippen LogP contribution in [0.1, 0.15) is 19.4 Å². The second-order valence-electron chi connectivity index (χ2n) is 7.19. The summed E-state index contributed by atoms with van der Waals surface area (Å²) in [6.45, 7) is 9.48. The van der Waals surface area contributed by atoms with Gasteiger partial charge in [-0.05, 0) is 30.4 Å². The zero-order valence-corrected chi connectivity index (χ0v) is 19.1. The minimum absolute atomic E-state index is 0. The highest BCUT2D eigenvalue weighted by Crippen LogP contribution is 2.22. The fraction of sp³-hybridized carbons (Fsp3) is 0.500. The average Bonchev–Trinajstić information content (AvgIpc) is 2.65. The van der Waals surface area contributed by atoms with Gasteiger partial charge in [0.15, 0.2) is 0 Å². The van der Waals surface area contributed by atoms with Crippen LogP contribution >= 0.6 is 36.6 Å². The third-order valence-electron chi connectivity index (χ3n) is 4.58. The van der Waals surface area contributed by atoms with Crippen molar-refractivity contribution in [2.45, 2.75) is 31.8 Å². The molecule has 0 amide bonds. The van der Waals surface area contributed by atoms with Gasteiger partial charge in [0.25, 0.3) is 5.56 Å². The molecule has 3 rings (SSSR count). The van der Waals surface area contributed by atoms with Crippen molar-refractivity contribution in [1.29, 1.82) is 0 Å². The predicted molar refractivity (Wildman–Crippen MR) is 123 cm³/mol. The summed E-state index contributed by atoms with van der Waals surface area (Å²) in [6.07, 6.45) is 2.07. The average molecular weight is 445 g/mol. The lowest BCUT2D eigenvalue weighted by atomic mass is 10.1. The van der Waals surface area contributed by atoms with E-state index >= 15 is 0 Å². The molecule has 0 saturated carbocycles. The molecule has 0 aliphatic carbocycles. The highest BCUT2D eigenvalue weighted by Gasteiger charge is 2.16. The number of piperazine rings is 1. The molecule has 1 aromatic carbocycles. The van der Waals surface area contributed by atoms with Crippen LogP contribution in [0.4, 0.5) is 0 Å². The van der Waals surface area contributed by atoms with Gasteiger partial charge in [0, 0.05) is 55.3 Å². The summed E-state index contributed by atoms with van der Waals surface area (Å²) in [5.74, 6) is 0.376. The number of hydrogen-bond acceptors (Lipinski definition) is 5. The summed E-state index contributed by atoms with van der Waals surface area (Å²) in [6, 6.07) is 10.4. The Balaban J connectivity index is 0.00000196. The minimum Gasteiger partial charge on any atom is -0.314 e. The van der Waals surface area contributed by atoms with Crippen molar-refractivity contribution in [2.75, 3.05) is 32.4 Å². The Bertz CT molecular complexity index is 790. The summed E-state index contributed by atoms with van der Waals surface area (Å²) in [4.78, 5) is 16.5. The Morgan fingerprint density at radius 2 is 1.79 bits per heavy atom. The third kappa shape index (κ3) is 6.49. The number of hydrogen-bond donors (Lipinski definition) is 1. The van der Waals surface area contributed by atoms with Crippen molar-refractivity contribution >= 4 is 36.6 Å². The number of nitrogens with zero attached hydrogens (tertiary/aromatic N) is 3. The van der Waals surface area contributed by atoms with E-state index in [4.69, 9.17) is 0 Å². The Morgan fingerprint density at radius 3 is 2.36 bits per heavy atom. The van der Waals surface area contributed by atoms with Gasteiger partial charge in [0.1, 0.15) is 0 Å². The van der Waals surface area contributed by atoms with Crippen LogP contribution in [0.15, 0.2) is 40.0 Å². The van der Waals surface area contributed by atoms with Crippen LogP contribution in [0.25, 0.3) is 11.3 Å². The van der Waals surface area contributed by atoms with E-state index < -0.39 is 0 Å². The zero-order chi connectivity index (χ0) is 18.5. The Morgan fingerprint density at radius 1 is 1.14 bits per heavy atom. The van der Waals surface area contributed by atoms with E-state index in [2.05, 4.69) is 59.7 Å². The maximum absolute atomic E-state index is 12.9. The molecule has 1 N–H and O–H groups in total. The van der Waals surface area contributed by atoms with E-state index in [1.165, 1.54) is 4.90 Å². The zero-order valence-electron chi connectivity index (χ0n) is 16.7. The van der Waals surface area contributed by atoms with E-state index in [1.54, 1.807) is 16.4 Å². The lowest BCUT2D eigenvalue weighted by Crippen LogP contribution is -2.44. The normalized spacial score (nSPS) is 14.4. The highest BCUT2D eigenvalue weighted by molar-refractivity contribution is 7.98. The van der Waals surface area contributed by atoms with Gasteiger partial charge >= 0.3 is 0 Å². The van der Waals surface area contributed by atoms with Crippen LogP contribution in [-0.2, 0) is 13.1 Å². The number of aromatic nitrogens is 2. The van der Waals surface area contributed by atoms with E-state index in [9.17, 15) is 4.79 Å². The summed E-state index contributed by atoms with van der Waals surface area (Å²) < 4.78 is 1.65. The molecule has 156 valence electrons. The van der Waals surface area contributed by atoms with Crippen molar-refractivity contribution < 1.29 is 0 Å². The van der Waals surface area contributed by atoms with Crippen molar-refractivity contribution in [3.8, 4) is 11.3 Å². The van der Waals surface area contributed by atoms with Gasteiger partial charge in [-0.1, -0.05) is 26.0 Å². The molecule has 5 nitrogen and oxygen atoms in total. The van der Waals surface area contributed by atoms with E-state index in [0.29, 0.717) is 19.0 Å². The van der Waals surface area contributed by atoms with Crippen molar-refractivity contribution in [3.63, 3.8) is 0 Å². The molecule has 1 aromatic heterocycles. The van der Waals surface area contributed by atoms with Crippen LogP contribution in [-0.4, -0.2) is 47.1 Å². The number of benzene rings is 1. The lowest BCUT2D eigenvalue weighted by molar-refractivity contribution is 0.231. The van der Waals surface area contributed by atoms with E-state index in [-0.39, 0.29) is 30.4 Å². The lowest BCUT2D eigenvalue weighted by Gasteiger charge is -2.27. The van der Waals surface area contributed by atoms with Crippen molar-refractivity contribution in [2.24, 2.45) is 5.92 Å². The summed E-state index contributed by atoms with van der Waals surface area (Å²) in [5.41, 5.74) is 2.82. The van der Waals surface area contributed by atoms with Gasteiger partial charge in [0.2, 0.25) is 0 Å². The first-order valence-electron chi connectivity index (χ1n) is 9.25. The van der Waals surface area contributed by atoms with Crippen LogP contribution in [0.3, 0.4) is 0 Å². The van der Waals surface area contributed by atoms with Crippen LogP contribution in [0, 0.1) is 5.92 Å². The van der Waals surface area contributed by atoms with Gasteiger partial charge < -0.3 is 5.32 Å². The Hall–Kier alpha value is -1.05. The first-order valence-corrected chi connectivity index (χ1v) is 10.5. The number of nitrogens with one attached hydrogen (secondary N) is 1. The van der Waals surface area contributed by atoms with Gasteiger partial charge in [-0.3, -0.25) is 9.69 Å². The third-order valence-corrected chi connectivity index (χ3v) is 5.32. The van der Waals surface area contributed by atoms with Gasteiger partial charge in [0.05, 0.1) is 5.69 Å². The standard InChI is InChI=1S/C20H28N4OS.2ClH/c1-15(2)13-24-20(25)17(14-23-10-8-21-9-11-23)12-19(22-24)16-4-6-18(26-3)7-5-16;;/h4-7,12,15,21H,8-11,13-14H2,1-3H3;2*1H. The van der Waals surface area contributed by atoms with Crippen molar-refractivity contribution in [1.82, 2.24) is 20.0 Å². The van der Waals surface area contributed by atoms with Crippen molar-refractivity contribution in [3.05, 3.63) is 46.2 Å². The Labute approximate surface area is 184 Å². The first kappa shape index (κ1) is 25.0. The molecule has 0 radical (unpaired) electrons. The molecule has 0 spiro atoms. The maximum Gasteiger partial charge on any atom is 0.271 e. The number of thioether (sulfide) groups is 1. The molecule has 2 heterocycles. The van der Waals surface area contributed by atoms with Gasteiger partial charge in [-0.2, -0.15) is 5.10 Å². The largest absolute Gasteiger partial charge is 0.314 e. The molecule has 0 unspecified atom stereocenters. The smallest absolute Gasteiger partial charge is 0.271 e. The molecule has 1 aliphatic rings. The van der Waals surface area contributed by atoms with E-state index in [0.717, 1.165) is 43.0 Å². The molecule has 2 aromatic rings. The molecule has 0 bridgehead atoms. The summed E-state index contributed by atoms with van der Waals surface area (Å²) >= 11 is 1.72. The monoisotopic (exact) mass is 444 g/mol. The predicted octanol–water partition coefficient (Wildman–Crippen LogP) is 3.54. The van der Waals surface area contributed by atoms with Crippen LogP contribution in [0.2, 0.25) is 0 Å². The Kier molecular flexibility index (Phi) is 10.6. The topological polar surface area (TPSA) is 50.2 Å². The fourth-order valence-electron chi connectivity index (χ4n) is 3.19. The maximum atomic E-state index is 12.9. The molecule has 28 heavy (non-hydrogen) atoms. The van der Waals surface area contributed by atoms with Crippen LogP contribution in [0.5, 0.6) is 0 Å². The quantitative estimate of drug-likeness (QED) is 0.690. The number of halogens is 2. The molecule has 1 aliphatic heterocycles. The highest BCUT2D eigenvalue weighted by atomic mass is 35.5. The molecule has 1 saturated heterocycles. The first-order chi connectivity index (χ1) is 12.6. The summed E-state index contributed by atoms with van der Waals surface area (Å²) in [5, 5.41) is 8.02. The summed E-state index contributed by atoms with van der Waals surface area (Å²) in [7, 11) is 0. The van der Waals surface area contributed by atoms with Gasteiger partial charge in [-0.15, -0.1) is 36.6 Å². The molecular formula is C20H30Cl2N4OS. The molecular weight excluding hydrogens is 415 g/mol. The van der Waals surface area contributed by atoms with Gasteiger partial charge in [-0.25, -0.2) is 4.68 Å². The second kappa shape index (κ2) is 11.8. The SMILES string of the molecule is CSc1ccc(-c2cc(CN3CCNCC3)c(=O)n(CC(C)C)n2)cc1.Cl.Cl. The second-order valence-corrected chi connectivity index (χ2v) is 8.07. The van der Waals surface area contributed by atoms with Crippen LogP contribution < -0.4 is 10.9 Å². The molecule has 0 atom stereocenters. The molecule has 8 heteroatoms.